The summed E-state index contributed by atoms with van der Waals surface area (Å²) in [5, 5.41) is 8.50. The number of amides is 1. The lowest BCUT2D eigenvalue weighted by Gasteiger charge is -2.15. The summed E-state index contributed by atoms with van der Waals surface area (Å²) in [4.78, 5) is 24.7. The number of carbonyl (C=O) groups is 2. The molecule has 0 aliphatic heterocycles. The number of thiophene rings is 1. The van der Waals surface area contributed by atoms with Crippen LogP contribution in [-0.2, 0) is 16.0 Å². The van der Waals surface area contributed by atoms with Gasteiger partial charge in [0.15, 0.2) is 0 Å². The van der Waals surface area contributed by atoms with Gasteiger partial charge in [-0.25, -0.2) is 0 Å². The van der Waals surface area contributed by atoms with Crippen molar-refractivity contribution in [3.05, 3.63) is 20.8 Å². The maximum Gasteiger partial charge on any atom is 0.303 e. The molecule has 6 heteroatoms. The normalized spacial score (nSPS) is 10.2. The first-order chi connectivity index (χ1) is 7.99. The minimum absolute atomic E-state index is 0.0183. The standard InChI is InChI=1S/C11H14BrNO3S/c1-13(6-2-3-11(15)16)10(14)7-8-4-5-9(12)17-8/h4-5H,2-3,6-7H2,1H3,(H,15,16). The second-order valence-corrected chi connectivity index (χ2v) is 6.24. The Morgan fingerprint density at radius 1 is 1.47 bits per heavy atom. The fourth-order valence-corrected chi connectivity index (χ4v) is 2.80. The highest BCUT2D eigenvalue weighted by Crippen LogP contribution is 2.22. The Morgan fingerprint density at radius 3 is 2.71 bits per heavy atom. The summed E-state index contributed by atoms with van der Waals surface area (Å²) in [5.74, 6) is -0.808. The van der Waals surface area contributed by atoms with Gasteiger partial charge in [0, 0.05) is 24.9 Å². The van der Waals surface area contributed by atoms with Gasteiger partial charge in [-0.1, -0.05) is 0 Å². The lowest BCUT2D eigenvalue weighted by molar-refractivity contribution is -0.137. The van der Waals surface area contributed by atoms with Gasteiger partial charge in [0.2, 0.25) is 5.91 Å². The molecule has 1 N–H and O–H groups in total. The van der Waals surface area contributed by atoms with E-state index in [2.05, 4.69) is 15.9 Å². The highest BCUT2D eigenvalue weighted by molar-refractivity contribution is 9.11. The number of carboxylic acid groups (broad SMARTS) is 1. The van der Waals surface area contributed by atoms with Crippen LogP contribution in [0.4, 0.5) is 0 Å². The summed E-state index contributed by atoms with van der Waals surface area (Å²) < 4.78 is 1.01. The molecule has 1 aromatic heterocycles. The van der Waals surface area contributed by atoms with Crippen molar-refractivity contribution in [3.63, 3.8) is 0 Å². The van der Waals surface area contributed by atoms with Crippen LogP contribution in [0.3, 0.4) is 0 Å². The van der Waals surface area contributed by atoms with Gasteiger partial charge >= 0.3 is 5.97 Å². The fourth-order valence-electron chi connectivity index (χ4n) is 1.32. The molecule has 0 spiro atoms. The van der Waals surface area contributed by atoms with Crippen molar-refractivity contribution >= 4 is 39.1 Å². The number of hydrogen-bond donors (Lipinski definition) is 1. The zero-order valence-electron chi connectivity index (χ0n) is 9.48. The van der Waals surface area contributed by atoms with Crippen LogP contribution in [0.1, 0.15) is 17.7 Å². The second-order valence-electron chi connectivity index (χ2n) is 3.70. The molecule has 0 atom stereocenters. The van der Waals surface area contributed by atoms with E-state index in [0.717, 1.165) is 8.66 Å². The Balaban J connectivity index is 2.34. The van der Waals surface area contributed by atoms with Crippen LogP contribution in [0.15, 0.2) is 15.9 Å². The molecular formula is C11H14BrNO3S. The first kappa shape index (κ1) is 14.2. The van der Waals surface area contributed by atoms with E-state index in [-0.39, 0.29) is 12.3 Å². The van der Waals surface area contributed by atoms with Crippen LogP contribution in [-0.4, -0.2) is 35.5 Å². The number of hydrogen-bond acceptors (Lipinski definition) is 3. The molecule has 17 heavy (non-hydrogen) atoms. The molecule has 0 unspecified atom stereocenters. The molecule has 1 rings (SSSR count). The number of likely N-dealkylation sites (N-methyl/N-ethyl adjacent to an activating group) is 1. The number of rotatable bonds is 6. The Labute approximate surface area is 112 Å². The van der Waals surface area contributed by atoms with Gasteiger partial charge in [-0.3, -0.25) is 9.59 Å². The van der Waals surface area contributed by atoms with E-state index >= 15 is 0 Å². The topological polar surface area (TPSA) is 57.6 Å². The van der Waals surface area contributed by atoms with Gasteiger partial charge in [0.25, 0.3) is 0 Å². The Kier molecular flexibility index (Phi) is 5.64. The van der Waals surface area contributed by atoms with Gasteiger partial charge in [-0.2, -0.15) is 0 Å². The molecule has 4 nitrogen and oxygen atoms in total. The Morgan fingerprint density at radius 2 is 2.18 bits per heavy atom. The van der Waals surface area contributed by atoms with Crippen LogP contribution in [0.5, 0.6) is 0 Å². The summed E-state index contributed by atoms with van der Waals surface area (Å²) in [6.45, 7) is 0.484. The average Bonchev–Trinajstić information content (AvgIpc) is 2.63. The molecule has 94 valence electrons. The molecule has 0 saturated heterocycles. The molecule has 1 heterocycles. The molecular weight excluding hydrogens is 306 g/mol. The number of halogens is 1. The quantitative estimate of drug-likeness (QED) is 0.875. The number of carboxylic acids is 1. The van der Waals surface area contributed by atoms with Crippen LogP contribution >= 0.6 is 27.3 Å². The highest BCUT2D eigenvalue weighted by atomic mass is 79.9. The van der Waals surface area contributed by atoms with E-state index in [1.54, 1.807) is 11.9 Å². The van der Waals surface area contributed by atoms with Crippen molar-refractivity contribution in [1.29, 1.82) is 0 Å². The van der Waals surface area contributed by atoms with Gasteiger partial charge in [0.05, 0.1) is 10.2 Å². The summed E-state index contributed by atoms with van der Waals surface area (Å²) >= 11 is 4.88. The molecule has 0 radical (unpaired) electrons. The summed E-state index contributed by atoms with van der Waals surface area (Å²) in [6, 6.07) is 3.83. The molecule has 0 aromatic carbocycles. The largest absolute Gasteiger partial charge is 0.481 e. The molecule has 0 fully saturated rings. The SMILES string of the molecule is CN(CCCC(=O)O)C(=O)Cc1ccc(Br)s1. The highest BCUT2D eigenvalue weighted by Gasteiger charge is 2.11. The van der Waals surface area contributed by atoms with E-state index in [1.165, 1.54) is 11.3 Å². The van der Waals surface area contributed by atoms with Gasteiger partial charge < -0.3 is 10.0 Å². The monoisotopic (exact) mass is 319 g/mol. The predicted molar refractivity (Wildman–Crippen MR) is 70.2 cm³/mol. The van der Waals surface area contributed by atoms with Crippen molar-refractivity contribution < 1.29 is 14.7 Å². The minimum Gasteiger partial charge on any atom is -0.481 e. The molecule has 0 aliphatic rings. The average molecular weight is 320 g/mol. The summed E-state index contributed by atoms with van der Waals surface area (Å²) in [7, 11) is 1.70. The maximum absolute atomic E-state index is 11.8. The zero-order chi connectivity index (χ0) is 12.8. The first-order valence-electron chi connectivity index (χ1n) is 5.19. The molecule has 0 bridgehead atoms. The van der Waals surface area contributed by atoms with Crippen molar-refractivity contribution in [1.82, 2.24) is 4.90 Å². The minimum atomic E-state index is -0.826. The Bertz CT molecular complexity index is 405. The number of aliphatic carboxylic acids is 1. The van der Waals surface area contributed by atoms with Crippen LogP contribution in [0.25, 0.3) is 0 Å². The second kappa shape index (κ2) is 6.76. The van der Waals surface area contributed by atoms with Gasteiger partial charge in [-0.15, -0.1) is 11.3 Å². The third-order valence-corrected chi connectivity index (χ3v) is 3.89. The van der Waals surface area contributed by atoms with E-state index in [9.17, 15) is 9.59 Å². The third-order valence-electron chi connectivity index (χ3n) is 2.26. The van der Waals surface area contributed by atoms with Crippen molar-refractivity contribution in [2.45, 2.75) is 19.3 Å². The van der Waals surface area contributed by atoms with Crippen LogP contribution in [0, 0.1) is 0 Å². The van der Waals surface area contributed by atoms with Crippen LogP contribution < -0.4 is 0 Å². The van der Waals surface area contributed by atoms with E-state index < -0.39 is 5.97 Å². The van der Waals surface area contributed by atoms with Crippen molar-refractivity contribution in [2.75, 3.05) is 13.6 Å². The molecule has 1 aromatic rings. The predicted octanol–water partition coefficient (Wildman–Crippen LogP) is 2.38. The third kappa shape index (κ3) is 5.32. The smallest absolute Gasteiger partial charge is 0.303 e. The van der Waals surface area contributed by atoms with E-state index in [4.69, 9.17) is 5.11 Å². The number of nitrogens with zero attached hydrogens (tertiary/aromatic N) is 1. The lowest BCUT2D eigenvalue weighted by Crippen LogP contribution is -2.29. The number of carbonyl (C=O) groups excluding carboxylic acids is 1. The lowest BCUT2D eigenvalue weighted by atomic mass is 10.2. The van der Waals surface area contributed by atoms with E-state index in [1.807, 2.05) is 12.1 Å². The molecule has 0 saturated carbocycles. The van der Waals surface area contributed by atoms with Crippen LogP contribution in [0.2, 0.25) is 0 Å². The maximum atomic E-state index is 11.8. The molecule has 1 amide bonds. The van der Waals surface area contributed by atoms with Crippen molar-refractivity contribution in [2.24, 2.45) is 0 Å². The van der Waals surface area contributed by atoms with Crippen molar-refractivity contribution in [3.8, 4) is 0 Å². The summed E-state index contributed by atoms with van der Waals surface area (Å²) in [6.07, 6.45) is 0.966. The Hall–Kier alpha value is -0.880. The van der Waals surface area contributed by atoms with Gasteiger partial charge in [-0.05, 0) is 34.5 Å². The first-order valence-corrected chi connectivity index (χ1v) is 6.80. The fraction of sp³-hybridized carbons (Fsp3) is 0.455. The molecule has 0 aliphatic carbocycles. The zero-order valence-corrected chi connectivity index (χ0v) is 11.9. The van der Waals surface area contributed by atoms with Gasteiger partial charge in [0.1, 0.15) is 0 Å². The summed E-state index contributed by atoms with van der Waals surface area (Å²) in [5.41, 5.74) is 0. The van der Waals surface area contributed by atoms with E-state index in [0.29, 0.717) is 19.4 Å².